The minimum atomic E-state index is 0.702. The van der Waals surface area contributed by atoms with Gasteiger partial charge in [0.15, 0.2) is 0 Å². The highest BCUT2D eigenvalue weighted by Crippen LogP contribution is 2.23. The van der Waals surface area contributed by atoms with Crippen molar-refractivity contribution in [2.75, 3.05) is 19.7 Å². The lowest BCUT2D eigenvalue weighted by molar-refractivity contribution is 0.293. The van der Waals surface area contributed by atoms with Gasteiger partial charge in [0.25, 0.3) is 0 Å². The van der Waals surface area contributed by atoms with E-state index in [0.29, 0.717) is 6.61 Å². The molecule has 0 radical (unpaired) electrons. The maximum Gasteiger partial charge on any atom is 0.123 e. The summed E-state index contributed by atoms with van der Waals surface area (Å²) in [6.07, 6.45) is 7.02. The first-order valence-corrected chi connectivity index (χ1v) is 7.73. The molecule has 0 amide bonds. The Kier molecular flexibility index (Phi) is 5.99. The van der Waals surface area contributed by atoms with Gasteiger partial charge < -0.3 is 10.1 Å². The quantitative estimate of drug-likeness (QED) is 0.789. The number of rotatable bonds is 6. The third kappa shape index (κ3) is 5.04. The molecular formula is C16H24ClNO. The molecule has 19 heavy (non-hydrogen) atoms. The Morgan fingerprint density at radius 3 is 2.84 bits per heavy atom. The van der Waals surface area contributed by atoms with Crippen LogP contribution in [0.4, 0.5) is 0 Å². The summed E-state index contributed by atoms with van der Waals surface area (Å²) >= 11 is 5.96. The molecular weight excluding hydrogens is 258 g/mol. The van der Waals surface area contributed by atoms with E-state index in [4.69, 9.17) is 16.3 Å². The number of nitrogens with one attached hydrogen (secondary N) is 1. The van der Waals surface area contributed by atoms with E-state index in [2.05, 4.69) is 5.32 Å². The van der Waals surface area contributed by atoms with Crippen molar-refractivity contribution in [3.05, 3.63) is 28.8 Å². The van der Waals surface area contributed by atoms with Crippen molar-refractivity contribution in [2.45, 2.75) is 39.0 Å². The van der Waals surface area contributed by atoms with Crippen LogP contribution in [0.15, 0.2) is 18.2 Å². The number of benzene rings is 1. The zero-order chi connectivity index (χ0) is 13.5. The van der Waals surface area contributed by atoms with Crippen molar-refractivity contribution < 1.29 is 4.74 Å². The molecule has 3 heteroatoms. The van der Waals surface area contributed by atoms with Gasteiger partial charge in [-0.3, -0.25) is 0 Å². The lowest BCUT2D eigenvalue weighted by Gasteiger charge is -2.21. The van der Waals surface area contributed by atoms with Crippen molar-refractivity contribution >= 4 is 11.6 Å². The first kappa shape index (κ1) is 14.7. The third-order valence-corrected chi connectivity index (χ3v) is 4.08. The van der Waals surface area contributed by atoms with Gasteiger partial charge in [0.1, 0.15) is 12.4 Å². The van der Waals surface area contributed by atoms with E-state index in [0.717, 1.165) is 35.3 Å². The first-order chi connectivity index (χ1) is 9.25. The van der Waals surface area contributed by atoms with E-state index in [9.17, 15) is 0 Å². The second-order valence-electron chi connectivity index (χ2n) is 5.47. The van der Waals surface area contributed by atoms with E-state index in [1.54, 1.807) is 0 Å². The zero-order valence-electron chi connectivity index (χ0n) is 11.8. The van der Waals surface area contributed by atoms with Crippen LogP contribution in [0, 0.1) is 12.8 Å². The van der Waals surface area contributed by atoms with E-state index in [-0.39, 0.29) is 0 Å². The standard InChI is InChI=1S/C16H24ClNO/c1-13-7-8-15(17)11-16(13)19-10-9-18-12-14-5-3-2-4-6-14/h7-8,11,14,18H,2-6,9-10,12H2,1H3. The molecule has 0 aromatic heterocycles. The molecule has 1 saturated carbocycles. The smallest absolute Gasteiger partial charge is 0.123 e. The molecule has 0 heterocycles. The fourth-order valence-electron chi connectivity index (χ4n) is 2.66. The van der Waals surface area contributed by atoms with Crippen molar-refractivity contribution in [1.29, 1.82) is 0 Å². The molecule has 0 bridgehead atoms. The van der Waals surface area contributed by atoms with E-state index in [1.807, 2.05) is 25.1 Å². The summed E-state index contributed by atoms with van der Waals surface area (Å²) < 4.78 is 5.76. The Morgan fingerprint density at radius 1 is 1.26 bits per heavy atom. The lowest BCUT2D eigenvalue weighted by atomic mass is 9.89. The van der Waals surface area contributed by atoms with Gasteiger partial charge in [-0.15, -0.1) is 0 Å². The zero-order valence-corrected chi connectivity index (χ0v) is 12.5. The molecule has 0 unspecified atom stereocenters. The molecule has 0 atom stereocenters. The average molecular weight is 282 g/mol. The van der Waals surface area contributed by atoms with Crippen LogP contribution in [-0.2, 0) is 0 Å². The van der Waals surface area contributed by atoms with Gasteiger partial charge in [-0.2, -0.15) is 0 Å². The molecule has 1 fully saturated rings. The van der Waals surface area contributed by atoms with Crippen molar-refractivity contribution in [3.63, 3.8) is 0 Å². The topological polar surface area (TPSA) is 21.3 Å². The van der Waals surface area contributed by atoms with Gasteiger partial charge in [0.2, 0.25) is 0 Å². The van der Waals surface area contributed by atoms with Crippen LogP contribution in [0.25, 0.3) is 0 Å². The minimum absolute atomic E-state index is 0.702. The van der Waals surface area contributed by atoms with Crippen LogP contribution in [0.5, 0.6) is 5.75 Å². The summed E-state index contributed by atoms with van der Waals surface area (Å²) in [5.74, 6) is 1.77. The predicted molar refractivity (Wildman–Crippen MR) is 81.1 cm³/mol. The third-order valence-electron chi connectivity index (χ3n) is 3.84. The number of hydrogen-bond donors (Lipinski definition) is 1. The molecule has 2 nitrogen and oxygen atoms in total. The number of aryl methyl sites for hydroxylation is 1. The number of ether oxygens (including phenoxy) is 1. The highest BCUT2D eigenvalue weighted by atomic mass is 35.5. The van der Waals surface area contributed by atoms with E-state index < -0.39 is 0 Å². The largest absolute Gasteiger partial charge is 0.492 e. The molecule has 1 aromatic carbocycles. The fraction of sp³-hybridized carbons (Fsp3) is 0.625. The Bertz CT molecular complexity index is 388. The Hall–Kier alpha value is -0.730. The molecule has 1 aliphatic carbocycles. The highest BCUT2D eigenvalue weighted by molar-refractivity contribution is 6.30. The van der Waals surface area contributed by atoms with Crippen LogP contribution in [-0.4, -0.2) is 19.7 Å². The molecule has 0 spiro atoms. The molecule has 0 aliphatic heterocycles. The van der Waals surface area contributed by atoms with Crippen LogP contribution in [0.2, 0.25) is 5.02 Å². The second kappa shape index (κ2) is 7.76. The van der Waals surface area contributed by atoms with Gasteiger partial charge in [0.05, 0.1) is 0 Å². The Morgan fingerprint density at radius 2 is 2.05 bits per heavy atom. The first-order valence-electron chi connectivity index (χ1n) is 7.35. The van der Waals surface area contributed by atoms with Crippen LogP contribution < -0.4 is 10.1 Å². The lowest BCUT2D eigenvalue weighted by Crippen LogP contribution is -2.28. The minimum Gasteiger partial charge on any atom is -0.492 e. The van der Waals surface area contributed by atoms with Crippen LogP contribution in [0.1, 0.15) is 37.7 Å². The summed E-state index contributed by atoms with van der Waals surface area (Å²) in [4.78, 5) is 0. The van der Waals surface area contributed by atoms with Gasteiger partial charge in [-0.05, 0) is 49.9 Å². The van der Waals surface area contributed by atoms with Crippen LogP contribution in [0.3, 0.4) is 0 Å². The van der Waals surface area contributed by atoms with E-state index in [1.165, 1.54) is 32.1 Å². The average Bonchev–Trinajstić information content (AvgIpc) is 2.43. The van der Waals surface area contributed by atoms with E-state index >= 15 is 0 Å². The van der Waals surface area contributed by atoms with Crippen molar-refractivity contribution in [1.82, 2.24) is 5.32 Å². The predicted octanol–water partition coefficient (Wildman–Crippen LogP) is 4.20. The summed E-state index contributed by atoms with van der Waals surface area (Å²) in [7, 11) is 0. The van der Waals surface area contributed by atoms with Gasteiger partial charge in [-0.1, -0.05) is 36.9 Å². The Balaban J connectivity index is 1.62. The monoisotopic (exact) mass is 281 g/mol. The summed E-state index contributed by atoms with van der Waals surface area (Å²) in [6.45, 7) is 4.79. The summed E-state index contributed by atoms with van der Waals surface area (Å²) in [5.41, 5.74) is 1.14. The summed E-state index contributed by atoms with van der Waals surface area (Å²) in [6, 6.07) is 5.77. The fourth-order valence-corrected chi connectivity index (χ4v) is 2.82. The summed E-state index contributed by atoms with van der Waals surface area (Å²) in [5, 5.41) is 4.23. The second-order valence-corrected chi connectivity index (χ2v) is 5.90. The van der Waals surface area contributed by atoms with Crippen LogP contribution >= 0.6 is 11.6 Å². The molecule has 106 valence electrons. The Labute approximate surface area is 121 Å². The van der Waals surface area contributed by atoms with Gasteiger partial charge in [0, 0.05) is 11.6 Å². The van der Waals surface area contributed by atoms with Gasteiger partial charge >= 0.3 is 0 Å². The maximum atomic E-state index is 5.96. The SMILES string of the molecule is Cc1ccc(Cl)cc1OCCNCC1CCCCC1. The molecule has 1 N–H and O–H groups in total. The van der Waals surface area contributed by atoms with Crippen molar-refractivity contribution in [3.8, 4) is 5.75 Å². The number of halogens is 1. The normalized spacial score (nSPS) is 16.5. The van der Waals surface area contributed by atoms with Gasteiger partial charge in [-0.25, -0.2) is 0 Å². The molecule has 1 aromatic rings. The molecule has 2 rings (SSSR count). The number of hydrogen-bond acceptors (Lipinski definition) is 2. The molecule has 0 saturated heterocycles. The van der Waals surface area contributed by atoms with Crippen molar-refractivity contribution in [2.24, 2.45) is 5.92 Å². The highest BCUT2D eigenvalue weighted by Gasteiger charge is 2.12. The molecule has 1 aliphatic rings. The maximum absolute atomic E-state index is 5.96.